The Morgan fingerprint density at radius 2 is 1.87 bits per heavy atom. The van der Waals surface area contributed by atoms with Gasteiger partial charge < -0.3 is 14.5 Å². The maximum atomic E-state index is 13.2. The van der Waals surface area contributed by atoms with E-state index in [4.69, 9.17) is 4.42 Å². The summed E-state index contributed by atoms with van der Waals surface area (Å²) in [4.78, 5) is 30.9. The van der Waals surface area contributed by atoms with Crippen molar-refractivity contribution in [3.63, 3.8) is 0 Å². The smallest absolute Gasteiger partial charge is 0.300 e. The fourth-order valence-electron chi connectivity index (χ4n) is 4.29. The Labute approximate surface area is 178 Å². The molecule has 2 aromatic carbocycles. The van der Waals surface area contributed by atoms with Crippen molar-refractivity contribution >= 4 is 34.0 Å². The van der Waals surface area contributed by atoms with Crippen LogP contribution in [0.2, 0.25) is 0 Å². The average molecular weight is 412 g/mol. The number of aryl methyl sites for hydroxylation is 2. The molecule has 4 aromatic rings. The van der Waals surface area contributed by atoms with E-state index in [2.05, 4.69) is 4.98 Å². The fraction of sp³-hybridized carbons (Fsp3) is 0.120. The van der Waals surface area contributed by atoms with Crippen molar-refractivity contribution in [3.05, 3.63) is 95.1 Å². The topological polar surface area (TPSA) is 86.5 Å². The number of aromatic nitrogens is 1. The van der Waals surface area contributed by atoms with Crippen LogP contribution in [0.3, 0.4) is 0 Å². The fourth-order valence-corrected chi connectivity index (χ4v) is 4.29. The number of ketones is 1. The summed E-state index contributed by atoms with van der Waals surface area (Å²) in [6.07, 6.45) is 3.13. The number of carbonyl (C=O) groups excluding carboxylic acids is 2. The quantitative estimate of drug-likeness (QED) is 0.282. The van der Waals surface area contributed by atoms with Crippen LogP contribution >= 0.6 is 0 Å². The first-order valence-corrected chi connectivity index (χ1v) is 9.95. The number of hydrogen-bond donors (Lipinski definition) is 2. The number of nitrogens with one attached hydrogen (secondary N) is 1. The van der Waals surface area contributed by atoms with Gasteiger partial charge in [0.1, 0.15) is 17.6 Å². The molecule has 1 atom stereocenters. The third-order valence-corrected chi connectivity index (χ3v) is 5.71. The van der Waals surface area contributed by atoms with E-state index in [9.17, 15) is 14.7 Å². The third kappa shape index (κ3) is 2.87. The number of anilines is 1. The van der Waals surface area contributed by atoms with Gasteiger partial charge in [-0.3, -0.25) is 14.5 Å². The Kier molecular flexibility index (Phi) is 4.29. The number of fused-ring (bicyclic) bond motifs is 1. The number of H-pyrrole nitrogens is 1. The van der Waals surface area contributed by atoms with Gasteiger partial charge >= 0.3 is 0 Å². The minimum Gasteiger partial charge on any atom is -0.507 e. The highest BCUT2D eigenvalue weighted by molar-refractivity contribution is 6.51. The Bertz CT molecular complexity index is 1360. The van der Waals surface area contributed by atoms with E-state index in [1.165, 1.54) is 11.2 Å². The predicted molar refractivity (Wildman–Crippen MR) is 118 cm³/mol. The number of carbonyl (C=O) groups is 2. The Morgan fingerprint density at radius 3 is 2.61 bits per heavy atom. The van der Waals surface area contributed by atoms with Crippen molar-refractivity contribution in [2.75, 3.05) is 4.90 Å². The van der Waals surface area contributed by atoms with Crippen LogP contribution < -0.4 is 4.90 Å². The van der Waals surface area contributed by atoms with Crippen molar-refractivity contribution in [1.29, 1.82) is 0 Å². The van der Waals surface area contributed by atoms with E-state index in [0.717, 1.165) is 22.0 Å². The molecule has 3 heterocycles. The standard InChI is InChI=1S/C25H20N2O4/c1-14-9-10-19(15(2)12-14)27-22(20-8-5-11-31-20)21(24(29)25(27)30)23(28)17-13-26-18-7-4-3-6-16(17)18/h3-13,22,26,28H,1-2H3/b23-21-. The zero-order valence-electron chi connectivity index (χ0n) is 17.0. The highest BCUT2D eigenvalue weighted by Gasteiger charge is 2.48. The SMILES string of the molecule is Cc1ccc(N2C(=O)C(=O)/C(=C(\O)c3c[nH]c4ccccc34)C2c2ccco2)c(C)c1. The zero-order chi connectivity index (χ0) is 21.7. The summed E-state index contributed by atoms with van der Waals surface area (Å²) in [6, 6.07) is 15.7. The minimum absolute atomic E-state index is 0.00433. The van der Waals surface area contributed by atoms with Crippen molar-refractivity contribution in [2.45, 2.75) is 19.9 Å². The minimum atomic E-state index is -0.870. The van der Waals surface area contributed by atoms with Crippen LogP contribution in [0.1, 0.15) is 28.5 Å². The second kappa shape index (κ2) is 7.02. The predicted octanol–water partition coefficient (Wildman–Crippen LogP) is 5.00. The summed E-state index contributed by atoms with van der Waals surface area (Å²) in [6.45, 7) is 3.85. The number of furan rings is 1. The number of Topliss-reactive ketones (excluding diaryl/α,β-unsaturated/α-hetero) is 1. The largest absolute Gasteiger partial charge is 0.507 e. The second-order valence-corrected chi connectivity index (χ2v) is 7.72. The number of hydrogen-bond acceptors (Lipinski definition) is 4. The highest BCUT2D eigenvalue weighted by atomic mass is 16.3. The number of aliphatic hydroxyl groups is 1. The number of aromatic amines is 1. The van der Waals surface area contributed by atoms with Gasteiger partial charge in [0.15, 0.2) is 0 Å². The van der Waals surface area contributed by atoms with Crippen LogP contribution in [0.5, 0.6) is 0 Å². The third-order valence-electron chi connectivity index (χ3n) is 5.71. The molecule has 5 rings (SSSR count). The summed E-state index contributed by atoms with van der Waals surface area (Å²) in [5, 5.41) is 12.0. The molecule has 2 N–H and O–H groups in total. The molecule has 31 heavy (non-hydrogen) atoms. The molecular weight excluding hydrogens is 392 g/mol. The van der Waals surface area contributed by atoms with Crippen LogP contribution in [-0.2, 0) is 9.59 Å². The molecule has 6 heteroatoms. The van der Waals surface area contributed by atoms with E-state index < -0.39 is 17.7 Å². The lowest BCUT2D eigenvalue weighted by atomic mass is 9.98. The first-order chi connectivity index (χ1) is 15.0. The number of nitrogens with zero attached hydrogens (tertiary/aromatic N) is 1. The summed E-state index contributed by atoms with van der Waals surface area (Å²) < 4.78 is 5.62. The molecule has 1 aliphatic heterocycles. The van der Waals surface area contributed by atoms with Gasteiger partial charge in [0.05, 0.1) is 11.8 Å². The molecule has 0 radical (unpaired) electrons. The number of benzene rings is 2. The maximum absolute atomic E-state index is 13.2. The molecule has 1 amide bonds. The maximum Gasteiger partial charge on any atom is 0.300 e. The average Bonchev–Trinajstić information content (AvgIpc) is 3.48. The van der Waals surface area contributed by atoms with Crippen molar-refractivity contribution in [3.8, 4) is 0 Å². The molecule has 1 unspecified atom stereocenters. The summed E-state index contributed by atoms with van der Waals surface area (Å²) in [7, 11) is 0. The van der Waals surface area contributed by atoms with Crippen LogP contribution in [0.25, 0.3) is 16.7 Å². The van der Waals surface area contributed by atoms with E-state index in [1.54, 1.807) is 18.3 Å². The van der Waals surface area contributed by atoms with Crippen molar-refractivity contribution in [1.82, 2.24) is 4.98 Å². The van der Waals surface area contributed by atoms with Gasteiger partial charge in [-0.2, -0.15) is 0 Å². The lowest BCUT2D eigenvalue weighted by molar-refractivity contribution is -0.132. The molecule has 0 saturated carbocycles. The molecule has 1 fully saturated rings. The molecule has 6 nitrogen and oxygen atoms in total. The zero-order valence-corrected chi connectivity index (χ0v) is 17.0. The van der Waals surface area contributed by atoms with E-state index in [0.29, 0.717) is 17.0 Å². The second-order valence-electron chi connectivity index (χ2n) is 7.72. The van der Waals surface area contributed by atoms with Crippen molar-refractivity contribution < 1.29 is 19.1 Å². The number of amides is 1. The number of para-hydroxylation sites is 1. The molecule has 1 saturated heterocycles. The lowest BCUT2D eigenvalue weighted by Gasteiger charge is -2.25. The van der Waals surface area contributed by atoms with Gasteiger partial charge in [-0.15, -0.1) is 0 Å². The Balaban J connectivity index is 1.76. The Morgan fingerprint density at radius 1 is 1.06 bits per heavy atom. The van der Waals surface area contributed by atoms with Crippen LogP contribution in [0, 0.1) is 13.8 Å². The molecule has 2 aromatic heterocycles. The van der Waals surface area contributed by atoms with Gasteiger partial charge in [-0.1, -0.05) is 35.9 Å². The highest BCUT2D eigenvalue weighted by Crippen LogP contribution is 2.44. The van der Waals surface area contributed by atoms with Crippen LogP contribution in [0.4, 0.5) is 5.69 Å². The van der Waals surface area contributed by atoms with E-state index in [1.807, 2.05) is 56.3 Å². The number of aliphatic hydroxyl groups excluding tert-OH is 1. The van der Waals surface area contributed by atoms with Gasteiger partial charge in [-0.05, 0) is 43.7 Å². The van der Waals surface area contributed by atoms with E-state index >= 15 is 0 Å². The van der Waals surface area contributed by atoms with Gasteiger partial charge in [0.25, 0.3) is 11.7 Å². The number of rotatable bonds is 3. The first kappa shape index (κ1) is 18.9. The monoisotopic (exact) mass is 412 g/mol. The van der Waals surface area contributed by atoms with Gasteiger partial charge in [-0.25, -0.2) is 0 Å². The molecular formula is C25H20N2O4. The molecule has 154 valence electrons. The lowest BCUT2D eigenvalue weighted by Crippen LogP contribution is -2.30. The van der Waals surface area contributed by atoms with Crippen LogP contribution in [-0.4, -0.2) is 21.8 Å². The molecule has 0 spiro atoms. The molecule has 0 aliphatic carbocycles. The molecule has 0 bridgehead atoms. The summed E-state index contributed by atoms with van der Waals surface area (Å²) >= 11 is 0. The van der Waals surface area contributed by atoms with Gasteiger partial charge in [0, 0.05) is 28.4 Å². The van der Waals surface area contributed by atoms with Crippen molar-refractivity contribution in [2.24, 2.45) is 0 Å². The summed E-state index contributed by atoms with van der Waals surface area (Å²) in [5.41, 5.74) is 3.79. The molecule has 1 aliphatic rings. The van der Waals surface area contributed by atoms with Gasteiger partial charge in [0.2, 0.25) is 0 Å². The van der Waals surface area contributed by atoms with E-state index in [-0.39, 0.29) is 11.3 Å². The first-order valence-electron chi connectivity index (χ1n) is 9.95. The Hall–Kier alpha value is -4.06. The summed E-state index contributed by atoms with van der Waals surface area (Å²) in [5.74, 6) is -1.27. The van der Waals surface area contributed by atoms with Crippen LogP contribution in [0.15, 0.2) is 77.0 Å². The normalized spacial score (nSPS) is 18.3.